The molecule has 2 fully saturated rings. The number of benzene rings is 4. The average molecular weight is 862 g/mol. The number of rotatable bonds is 2. The SMILES string of the molecule is CN1C(=O)[C@H]2CNCCN2c2c1cnc1c(F)c(-c3c(O)cccc3F)c(Cl)cc21.CN1C(=O)[C@H]2CNCCN2c2c1cnc1c(F)c(-c3c(O)cccc3F)c(Cl)cc21. The fourth-order valence-electron chi connectivity index (χ4n) is 8.62. The molecule has 2 atom stereocenters. The van der Waals surface area contributed by atoms with Gasteiger partial charge in [-0.15, -0.1) is 0 Å². The number of piperazine rings is 2. The van der Waals surface area contributed by atoms with Crippen LogP contribution in [-0.4, -0.2) is 97.4 Å². The quantitative estimate of drug-likeness (QED) is 0.141. The Bertz CT molecular complexity index is 2590. The Balaban J connectivity index is 0.000000154. The van der Waals surface area contributed by atoms with Crippen LogP contribution in [0.1, 0.15) is 0 Å². The minimum atomic E-state index is -0.827. The van der Waals surface area contributed by atoms with Crippen LogP contribution in [0.15, 0.2) is 60.9 Å². The average Bonchev–Trinajstić information content (AvgIpc) is 3.23. The van der Waals surface area contributed by atoms with Crippen LogP contribution in [0, 0.1) is 23.3 Å². The molecular formula is C42H34Cl2F4N8O4. The summed E-state index contributed by atoms with van der Waals surface area (Å²) in [6.45, 7) is 3.42. The van der Waals surface area contributed by atoms with Crippen LogP contribution in [0.4, 0.5) is 40.3 Å². The Morgan fingerprint density at radius 3 is 1.43 bits per heavy atom. The van der Waals surface area contributed by atoms with Gasteiger partial charge in [-0.25, -0.2) is 17.6 Å². The molecular weight excluding hydrogens is 827 g/mol. The molecule has 4 aliphatic heterocycles. The number of fused-ring (bicyclic) bond motifs is 10. The molecule has 0 bridgehead atoms. The van der Waals surface area contributed by atoms with E-state index in [2.05, 4.69) is 20.6 Å². The van der Waals surface area contributed by atoms with E-state index in [0.717, 1.165) is 12.1 Å². The van der Waals surface area contributed by atoms with E-state index in [0.29, 0.717) is 72.8 Å². The van der Waals surface area contributed by atoms with Crippen LogP contribution in [0.2, 0.25) is 10.0 Å². The number of likely N-dealkylation sites (N-methyl/N-ethyl adjacent to an activating group) is 2. The van der Waals surface area contributed by atoms with E-state index in [4.69, 9.17) is 23.2 Å². The van der Waals surface area contributed by atoms with Crippen molar-refractivity contribution in [3.8, 4) is 33.8 Å². The van der Waals surface area contributed by atoms with E-state index >= 15 is 8.78 Å². The van der Waals surface area contributed by atoms with Gasteiger partial charge in [0.2, 0.25) is 0 Å². The molecule has 2 aromatic heterocycles. The van der Waals surface area contributed by atoms with Crippen molar-refractivity contribution in [1.29, 1.82) is 0 Å². The molecule has 2 amide bonds. The summed E-state index contributed by atoms with van der Waals surface area (Å²) in [4.78, 5) is 40.9. The summed E-state index contributed by atoms with van der Waals surface area (Å²) < 4.78 is 60.1. The van der Waals surface area contributed by atoms with Gasteiger partial charge in [-0.1, -0.05) is 35.3 Å². The summed E-state index contributed by atoms with van der Waals surface area (Å²) in [6, 6.07) is 9.65. The highest BCUT2D eigenvalue weighted by Gasteiger charge is 2.41. The molecule has 4 N–H and O–H groups in total. The number of anilines is 4. The number of phenols is 2. The number of aromatic hydroxyl groups is 2. The Morgan fingerprint density at radius 2 is 1.05 bits per heavy atom. The molecule has 0 aliphatic carbocycles. The highest BCUT2D eigenvalue weighted by atomic mass is 35.5. The lowest BCUT2D eigenvalue weighted by Crippen LogP contribution is -2.61. The molecule has 60 heavy (non-hydrogen) atoms. The molecule has 0 radical (unpaired) electrons. The van der Waals surface area contributed by atoms with E-state index in [-0.39, 0.29) is 55.1 Å². The number of hydrogen-bond donors (Lipinski definition) is 4. The molecule has 2 saturated heterocycles. The summed E-state index contributed by atoms with van der Waals surface area (Å²) in [5, 5.41) is 27.4. The van der Waals surface area contributed by atoms with Gasteiger partial charge >= 0.3 is 0 Å². The second kappa shape index (κ2) is 15.0. The second-order valence-corrected chi connectivity index (χ2v) is 15.6. The van der Waals surface area contributed by atoms with Gasteiger partial charge in [-0.05, 0) is 36.4 Å². The summed E-state index contributed by atoms with van der Waals surface area (Å²) in [7, 11) is 3.31. The number of hydrogen-bond acceptors (Lipinski definition) is 10. The topological polar surface area (TPSA) is 137 Å². The van der Waals surface area contributed by atoms with Gasteiger partial charge in [0.15, 0.2) is 11.6 Å². The molecule has 0 spiro atoms. The molecule has 18 heteroatoms. The van der Waals surface area contributed by atoms with Crippen molar-refractivity contribution in [2.45, 2.75) is 12.1 Å². The predicted molar refractivity (Wildman–Crippen MR) is 222 cm³/mol. The number of amides is 2. The molecule has 4 aliphatic rings. The van der Waals surface area contributed by atoms with E-state index < -0.39 is 46.9 Å². The Morgan fingerprint density at radius 1 is 0.650 bits per heavy atom. The van der Waals surface area contributed by atoms with Gasteiger partial charge in [0.1, 0.15) is 46.3 Å². The van der Waals surface area contributed by atoms with Crippen molar-refractivity contribution in [3.05, 3.63) is 94.2 Å². The largest absolute Gasteiger partial charge is 0.507 e. The number of halogens is 6. The highest BCUT2D eigenvalue weighted by Crippen LogP contribution is 2.48. The minimum Gasteiger partial charge on any atom is -0.507 e. The van der Waals surface area contributed by atoms with Crippen LogP contribution in [-0.2, 0) is 9.59 Å². The number of aromatic nitrogens is 2. The van der Waals surface area contributed by atoms with Crippen LogP contribution >= 0.6 is 23.2 Å². The van der Waals surface area contributed by atoms with Crippen molar-refractivity contribution in [3.63, 3.8) is 0 Å². The van der Waals surface area contributed by atoms with Crippen LogP contribution in [0.3, 0.4) is 0 Å². The van der Waals surface area contributed by atoms with Crippen LogP contribution in [0.5, 0.6) is 11.5 Å². The monoisotopic (exact) mass is 860 g/mol. The fourth-order valence-corrected chi connectivity index (χ4v) is 9.20. The first-order valence-electron chi connectivity index (χ1n) is 18.9. The summed E-state index contributed by atoms with van der Waals surface area (Å²) in [6.07, 6.45) is 2.88. The molecule has 12 nitrogen and oxygen atoms in total. The molecule has 6 heterocycles. The zero-order valence-electron chi connectivity index (χ0n) is 31.8. The van der Waals surface area contributed by atoms with E-state index in [1.54, 1.807) is 14.1 Å². The van der Waals surface area contributed by atoms with E-state index in [9.17, 15) is 28.6 Å². The maximum atomic E-state index is 15.6. The number of nitrogens with one attached hydrogen (secondary N) is 2. The molecule has 0 saturated carbocycles. The molecule has 308 valence electrons. The van der Waals surface area contributed by atoms with E-state index in [1.165, 1.54) is 58.6 Å². The van der Waals surface area contributed by atoms with Crippen molar-refractivity contribution in [2.75, 3.05) is 73.0 Å². The van der Waals surface area contributed by atoms with Crippen molar-refractivity contribution >= 4 is 79.6 Å². The molecule has 0 unspecified atom stereocenters. The van der Waals surface area contributed by atoms with Gasteiger partial charge < -0.3 is 40.4 Å². The van der Waals surface area contributed by atoms with Gasteiger partial charge in [-0.3, -0.25) is 19.6 Å². The fraction of sp³-hybridized carbons (Fsp3) is 0.238. The zero-order chi connectivity index (χ0) is 42.3. The summed E-state index contributed by atoms with van der Waals surface area (Å²) in [5.74, 6) is -4.22. The van der Waals surface area contributed by atoms with Crippen molar-refractivity contribution in [2.24, 2.45) is 0 Å². The lowest BCUT2D eigenvalue weighted by Gasteiger charge is -2.44. The van der Waals surface area contributed by atoms with Crippen molar-refractivity contribution < 1.29 is 37.4 Å². The van der Waals surface area contributed by atoms with Crippen LogP contribution < -0.4 is 30.2 Å². The Kier molecular flexibility index (Phi) is 9.85. The number of carbonyl (C=O) groups excluding carboxylic acids is 2. The lowest BCUT2D eigenvalue weighted by molar-refractivity contribution is -0.120. The third kappa shape index (κ3) is 6.03. The third-order valence-corrected chi connectivity index (χ3v) is 12.1. The summed E-state index contributed by atoms with van der Waals surface area (Å²) >= 11 is 12.8. The van der Waals surface area contributed by atoms with Gasteiger partial charge in [0.25, 0.3) is 11.8 Å². The van der Waals surface area contributed by atoms with Crippen molar-refractivity contribution in [1.82, 2.24) is 20.6 Å². The number of phenolic OH excluding ortho intramolecular Hbond substituents is 2. The first kappa shape index (κ1) is 39.5. The Hall–Kier alpha value is -5.94. The minimum absolute atomic E-state index is 0.00386. The predicted octanol–water partition coefficient (Wildman–Crippen LogP) is 6.59. The molecule has 4 aromatic carbocycles. The van der Waals surface area contributed by atoms with E-state index in [1.807, 2.05) is 9.80 Å². The maximum Gasteiger partial charge on any atom is 0.250 e. The number of pyridine rings is 2. The lowest BCUT2D eigenvalue weighted by atomic mass is 9.97. The third-order valence-electron chi connectivity index (χ3n) is 11.5. The first-order chi connectivity index (χ1) is 28.8. The van der Waals surface area contributed by atoms with Gasteiger partial charge in [0, 0.05) is 75.3 Å². The molecule has 6 aromatic rings. The standard InChI is InChI=1S/2C21H17ClF2N4O2/c2*1-27-13-9-26-19-10(20(13)28-6-5-25-8-14(28)21(27)30)7-11(22)16(18(19)24)17-12(23)3-2-4-15(17)29/h2*2-4,7,9,14,25,29H,5-6,8H2,1H3/t2*14-/m11/s1. The maximum absolute atomic E-state index is 15.6. The number of nitrogens with zero attached hydrogens (tertiary/aromatic N) is 6. The summed E-state index contributed by atoms with van der Waals surface area (Å²) in [5.41, 5.74) is 1.32. The second-order valence-electron chi connectivity index (χ2n) is 14.8. The number of carbonyl (C=O) groups is 2. The highest BCUT2D eigenvalue weighted by molar-refractivity contribution is 6.35. The first-order valence-corrected chi connectivity index (χ1v) is 19.6. The van der Waals surface area contributed by atoms with Crippen LogP contribution in [0.25, 0.3) is 44.1 Å². The van der Waals surface area contributed by atoms with Gasteiger partial charge in [0.05, 0.1) is 56.3 Å². The van der Waals surface area contributed by atoms with Gasteiger partial charge in [-0.2, -0.15) is 0 Å². The molecule has 10 rings (SSSR count). The normalized spacial score (nSPS) is 18.5. The Labute approximate surface area is 349 Å². The smallest absolute Gasteiger partial charge is 0.250 e. The zero-order valence-corrected chi connectivity index (χ0v) is 33.3.